The van der Waals surface area contributed by atoms with E-state index in [0.717, 1.165) is 5.69 Å². The lowest BCUT2D eigenvalue weighted by atomic mass is 10.1. The summed E-state index contributed by atoms with van der Waals surface area (Å²) in [7, 11) is 0. The topological polar surface area (TPSA) is 12.4 Å². The lowest BCUT2D eigenvalue weighted by Gasteiger charge is -2.06. The van der Waals surface area contributed by atoms with Crippen molar-refractivity contribution in [2.45, 2.75) is 27.7 Å². The van der Waals surface area contributed by atoms with Crippen molar-refractivity contribution < 1.29 is 0 Å². The van der Waals surface area contributed by atoms with E-state index in [1.165, 1.54) is 27.1 Å². The van der Waals surface area contributed by atoms with Gasteiger partial charge in [-0.25, -0.2) is 0 Å². The number of thiophene rings is 1. The average Bonchev–Trinajstić information content (AvgIpc) is 2.62. The van der Waals surface area contributed by atoms with Gasteiger partial charge in [0.05, 0.1) is 5.69 Å². The summed E-state index contributed by atoms with van der Waals surface area (Å²) < 4.78 is 0. The quantitative estimate of drug-likeness (QED) is 0.676. The van der Waals surface area contributed by atoms with Gasteiger partial charge >= 0.3 is 0 Å². The summed E-state index contributed by atoms with van der Waals surface area (Å²) in [6.07, 6.45) is 1.98. The van der Waals surface area contributed by atoms with Crippen molar-refractivity contribution in [2.75, 3.05) is 0 Å². The molecule has 17 heavy (non-hydrogen) atoms. The Balaban J connectivity index is 2.37. The van der Waals surface area contributed by atoms with Gasteiger partial charge in [0, 0.05) is 11.1 Å². The number of aliphatic imine (C=N–C) groups is 1. The van der Waals surface area contributed by atoms with E-state index in [1.54, 1.807) is 11.3 Å². The van der Waals surface area contributed by atoms with Crippen LogP contribution in [0.4, 0.5) is 5.69 Å². The molecule has 0 amide bonds. The van der Waals surface area contributed by atoms with Crippen molar-refractivity contribution in [1.82, 2.24) is 0 Å². The molecule has 0 N–H and O–H groups in total. The molecule has 0 fully saturated rings. The maximum atomic E-state index is 4.64. The van der Waals surface area contributed by atoms with Crippen LogP contribution in [0.3, 0.4) is 0 Å². The Morgan fingerprint density at radius 2 is 1.65 bits per heavy atom. The van der Waals surface area contributed by atoms with Gasteiger partial charge in [-0.05, 0) is 55.8 Å². The molecular weight excluding hydrogens is 226 g/mol. The van der Waals surface area contributed by atoms with E-state index in [2.05, 4.69) is 56.3 Å². The number of rotatable bonds is 2. The Labute approximate surface area is 107 Å². The molecule has 1 nitrogen and oxygen atoms in total. The van der Waals surface area contributed by atoms with Crippen LogP contribution < -0.4 is 0 Å². The van der Waals surface area contributed by atoms with Crippen molar-refractivity contribution >= 4 is 23.2 Å². The second-order valence-corrected chi connectivity index (χ2v) is 5.42. The SMILES string of the molecule is Cc1cc(C)c(N=Cc2sccc2C)c(C)c1. The molecule has 0 saturated carbocycles. The molecule has 1 aromatic carbocycles. The van der Waals surface area contributed by atoms with Crippen LogP contribution in [0.2, 0.25) is 0 Å². The van der Waals surface area contributed by atoms with Gasteiger partial charge in [0.2, 0.25) is 0 Å². The molecule has 0 saturated heterocycles. The molecule has 1 heterocycles. The van der Waals surface area contributed by atoms with Crippen LogP contribution in [-0.2, 0) is 0 Å². The van der Waals surface area contributed by atoms with E-state index in [-0.39, 0.29) is 0 Å². The minimum absolute atomic E-state index is 1.10. The first-order valence-electron chi connectivity index (χ1n) is 5.74. The van der Waals surface area contributed by atoms with Gasteiger partial charge in [-0.2, -0.15) is 0 Å². The van der Waals surface area contributed by atoms with Crippen LogP contribution in [-0.4, -0.2) is 6.21 Å². The summed E-state index contributed by atoms with van der Waals surface area (Å²) >= 11 is 1.73. The van der Waals surface area contributed by atoms with Crippen LogP contribution in [0, 0.1) is 27.7 Å². The third-order valence-electron chi connectivity index (χ3n) is 2.85. The lowest BCUT2D eigenvalue weighted by Crippen LogP contribution is -1.85. The number of nitrogens with zero attached hydrogens (tertiary/aromatic N) is 1. The molecule has 0 aliphatic carbocycles. The Morgan fingerprint density at radius 1 is 1.00 bits per heavy atom. The molecule has 88 valence electrons. The Hall–Kier alpha value is -1.41. The summed E-state index contributed by atoms with van der Waals surface area (Å²) in [6, 6.07) is 6.49. The highest BCUT2D eigenvalue weighted by molar-refractivity contribution is 7.11. The molecule has 0 atom stereocenters. The fourth-order valence-corrected chi connectivity index (χ4v) is 2.80. The van der Waals surface area contributed by atoms with E-state index in [1.807, 2.05) is 6.21 Å². The second kappa shape index (κ2) is 4.84. The van der Waals surface area contributed by atoms with Crippen molar-refractivity contribution in [3.63, 3.8) is 0 Å². The molecule has 2 heteroatoms. The van der Waals surface area contributed by atoms with Crippen LogP contribution in [0.15, 0.2) is 28.6 Å². The predicted octanol–water partition coefficient (Wildman–Crippen LogP) is 4.73. The number of aryl methyl sites for hydroxylation is 4. The molecule has 0 aliphatic rings. The first kappa shape index (κ1) is 12.1. The third-order valence-corrected chi connectivity index (χ3v) is 3.80. The monoisotopic (exact) mass is 243 g/mol. The molecule has 2 aromatic rings. The van der Waals surface area contributed by atoms with Gasteiger partial charge in [0.25, 0.3) is 0 Å². The minimum atomic E-state index is 1.10. The van der Waals surface area contributed by atoms with Crippen LogP contribution in [0.1, 0.15) is 27.1 Å². The van der Waals surface area contributed by atoms with Gasteiger partial charge in [-0.1, -0.05) is 17.7 Å². The molecular formula is C15H17NS. The second-order valence-electron chi connectivity index (χ2n) is 4.47. The van der Waals surface area contributed by atoms with Crippen LogP contribution in [0.25, 0.3) is 0 Å². The number of hydrogen-bond acceptors (Lipinski definition) is 2. The molecule has 2 rings (SSSR count). The summed E-state index contributed by atoms with van der Waals surface area (Å²) in [5, 5.41) is 2.10. The van der Waals surface area contributed by atoms with Crippen molar-refractivity contribution in [3.05, 3.63) is 50.7 Å². The Bertz CT molecular complexity index is 541. The van der Waals surface area contributed by atoms with Crippen LogP contribution in [0.5, 0.6) is 0 Å². The smallest absolute Gasteiger partial charge is 0.0688 e. The van der Waals surface area contributed by atoms with E-state index in [0.29, 0.717) is 0 Å². The van der Waals surface area contributed by atoms with Crippen molar-refractivity contribution in [1.29, 1.82) is 0 Å². The van der Waals surface area contributed by atoms with E-state index in [9.17, 15) is 0 Å². The number of hydrogen-bond donors (Lipinski definition) is 0. The van der Waals surface area contributed by atoms with Gasteiger partial charge in [0.15, 0.2) is 0 Å². The standard InChI is InChI=1S/C15H17NS/c1-10-7-12(3)15(13(4)8-10)16-9-14-11(2)5-6-17-14/h5-9H,1-4H3. The molecule has 0 bridgehead atoms. The van der Waals surface area contributed by atoms with Crippen LogP contribution >= 0.6 is 11.3 Å². The van der Waals surface area contributed by atoms with E-state index < -0.39 is 0 Å². The first-order chi connectivity index (χ1) is 8.08. The summed E-state index contributed by atoms with van der Waals surface area (Å²) in [5.74, 6) is 0. The zero-order valence-corrected chi connectivity index (χ0v) is 11.6. The summed E-state index contributed by atoms with van der Waals surface area (Å²) in [5.41, 5.74) is 6.18. The van der Waals surface area contributed by atoms with Gasteiger partial charge in [0.1, 0.15) is 0 Å². The fourth-order valence-electron chi connectivity index (χ4n) is 2.02. The van der Waals surface area contributed by atoms with Crippen molar-refractivity contribution in [2.24, 2.45) is 4.99 Å². The number of benzene rings is 1. The maximum Gasteiger partial charge on any atom is 0.0688 e. The highest BCUT2D eigenvalue weighted by Crippen LogP contribution is 2.25. The lowest BCUT2D eigenvalue weighted by molar-refractivity contribution is 1.29. The van der Waals surface area contributed by atoms with Gasteiger partial charge in [-0.3, -0.25) is 4.99 Å². The van der Waals surface area contributed by atoms with E-state index in [4.69, 9.17) is 0 Å². The minimum Gasteiger partial charge on any atom is -0.255 e. The first-order valence-corrected chi connectivity index (χ1v) is 6.62. The highest BCUT2D eigenvalue weighted by Gasteiger charge is 2.02. The zero-order valence-electron chi connectivity index (χ0n) is 10.7. The largest absolute Gasteiger partial charge is 0.255 e. The fraction of sp³-hybridized carbons (Fsp3) is 0.267. The predicted molar refractivity (Wildman–Crippen MR) is 77.0 cm³/mol. The summed E-state index contributed by atoms with van der Waals surface area (Å²) in [6.45, 7) is 8.48. The summed E-state index contributed by atoms with van der Waals surface area (Å²) in [4.78, 5) is 5.88. The molecule has 1 aromatic heterocycles. The van der Waals surface area contributed by atoms with Gasteiger partial charge in [-0.15, -0.1) is 11.3 Å². The normalized spacial score (nSPS) is 11.3. The highest BCUT2D eigenvalue weighted by atomic mass is 32.1. The molecule has 0 spiro atoms. The third kappa shape index (κ3) is 2.64. The zero-order chi connectivity index (χ0) is 12.4. The average molecular weight is 243 g/mol. The maximum absolute atomic E-state index is 4.64. The van der Waals surface area contributed by atoms with Crippen molar-refractivity contribution in [3.8, 4) is 0 Å². The van der Waals surface area contributed by atoms with Gasteiger partial charge < -0.3 is 0 Å². The Kier molecular flexibility index (Phi) is 3.43. The Morgan fingerprint density at radius 3 is 2.18 bits per heavy atom. The molecule has 0 aliphatic heterocycles. The molecule has 0 unspecified atom stereocenters. The van der Waals surface area contributed by atoms with E-state index >= 15 is 0 Å². The molecule has 0 radical (unpaired) electrons.